The van der Waals surface area contributed by atoms with E-state index in [-0.39, 0.29) is 11.8 Å². The summed E-state index contributed by atoms with van der Waals surface area (Å²) in [5, 5.41) is 6.01. The molecule has 1 amide bonds. The molecule has 2 rings (SSSR count). The molecule has 0 spiro atoms. The summed E-state index contributed by atoms with van der Waals surface area (Å²) in [6.45, 7) is 4.83. The van der Waals surface area contributed by atoms with E-state index in [1.807, 2.05) is 7.05 Å². The van der Waals surface area contributed by atoms with Crippen LogP contribution in [0.4, 0.5) is 5.69 Å². The van der Waals surface area contributed by atoms with Crippen molar-refractivity contribution in [3.8, 4) is 0 Å². The zero-order valence-corrected chi connectivity index (χ0v) is 12.7. The van der Waals surface area contributed by atoms with Crippen molar-refractivity contribution in [2.75, 3.05) is 32.1 Å². The number of carbonyl (C=O) groups is 1. The second-order valence-corrected chi connectivity index (χ2v) is 5.56. The van der Waals surface area contributed by atoms with Gasteiger partial charge in [-0.25, -0.2) is 0 Å². The van der Waals surface area contributed by atoms with Gasteiger partial charge in [0, 0.05) is 32.4 Å². The molecule has 0 bridgehead atoms. The van der Waals surface area contributed by atoms with E-state index in [2.05, 4.69) is 40.7 Å². The van der Waals surface area contributed by atoms with Gasteiger partial charge in [-0.1, -0.05) is 17.7 Å². The summed E-state index contributed by atoms with van der Waals surface area (Å²) in [6, 6.07) is 6.57. The van der Waals surface area contributed by atoms with E-state index in [0.717, 1.165) is 32.5 Å². The smallest absolute Gasteiger partial charge is 0.224 e. The van der Waals surface area contributed by atoms with E-state index in [0.29, 0.717) is 0 Å². The Morgan fingerprint density at radius 2 is 2.20 bits per heavy atom. The number of nitrogens with one attached hydrogen (secondary N) is 2. The van der Waals surface area contributed by atoms with Crippen molar-refractivity contribution in [1.29, 1.82) is 0 Å². The molecule has 1 aliphatic rings. The normalized spacial score (nSPS) is 18.9. The number of aryl methyl sites for hydroxylation is 1. The SMILES string of the molecule is CNCc1cc(C)ccc1N1CCCC(C(=O)NC)C1. The van der Waals surface area contributed by atoms with Gasteiger partial charge in [0.2, 0.25) is 5.91 Å². The monoisotopic (exact) mass is 275 g/mol. The average Bonchev–Trinajstić information content (AvgIpc) is 2.47. The molecule has 1 aliphatic heterocycles. The van der Waals surface area contributed by atoms with Crippen molar-refractivity contribution < 1.29 is 4.79 Å². The molecule has 1 unspecified atom stereocenters. The zero-order valence-electron chi connectivity index (χ0n) is 12.7. The van der Waals surface area contributed by atoms with Crippen LogP contribution >= 0.6 is 0 Å². The van der Waals surface area contributed by atoms with Crippen LogP contribution in [-0.4, -0.2) is 33.1 Å². The van der Waals surface area contributed by atoms with Gasteiger partial charge >= 0.3 is 0 Å². The van der Waals surface area contributed by atoms with Crippen LogP contribution in [0, 0.1) is 12.8 Å². The average molecular weight is 275 g/mol. The summed E-state index contributed by atoms with van der Waals surface area (Å²) < 4.78 is 0. The minimum atomic E-state index is 0.109. The minimum Gasteiger partial charge on any atom is -0.370 e. The van der Waals surface area contributed by atoms with E-state index in [1.54, 1.807) is 7.05 Å². The van der Waals surface area contributed by atoms with Crippen molar-refractivity contribution in [2.45, 2.75) is 26.3 Å². The lowest BCUT2D eigenvalue weighted by molar-refractivity contribution is -0.124. The fourth-order valence-electron chi connectivity index (χ4n) is 2.97. The molecule has 1 aromatic rings. The lowest BCUT2D eigenvalue weighted by Crippen LogP contribution is -2.42. The molecule has 2 N–H and O–H groups in total. The molecule has 0 aliphatic carbocycles. The van der Waals surface area contributed by atoms with Gasteiger partial charge in [-0.3, -0.25) is 4.79 Å². The van der Waals surface area contributed by atoms with E-state index in [4.69, 9.17) is 0 Å². The number of hydrogen-bond donors (Lipinski definition) is 2. The van der Waals surface area contributed by atoms with Gasteiger partial charge in [0.05, 0.1) is 5.92 Å². The van der Waals surface area contributed by atoms with Crippen LogP contribution in [0.25, 0.3) is 0 Å². The maximum atomic E-state index is 11.9. The minimum absolute atomic E-state index is 0.109. The fraction of sp³-hybridized carbons (Fsp3) is 0.562. The molecule has 1 fully saturated rings. The van der Waals surface area contributed by atoms with Crippen molar-refractivity contribution in [3.05, 3.63) is 29.3 Å². The lowest BCUT2D eigenvalue weighted by atomic mass is 9.95. The van der Waals surface area contributed by atoms with E-state index < -0.39 is 0 Å². The molecule has 0 radical (unpaired) electrons. The zero-order chi connectivity index (χ0) is 14.5. The highest BCUT2D eigenvalue weighted by atomic mass is 16.1. The van der Waals surface area contributed by atoms with Crippen LogP contribution < -0.4 is 15.5 Å². The van der Waals surface area contributed by atoms with Crippen molar-refractivity contribution in [2.24, 2.45) is 5.92 Å². The van der Waals surface area contributed by atoms with Crippen molar-refractivity contribution >= 4 is 11.6 Å². The molecular formula is C16H25N3O. The topological polar surface area (TPSA) is 44.4 Å². The first-order chi connectivity index (χ1) is 9.65. The maximum absolute atomic E-state index is 11.9. The number of nitrogens with zero attached hydrogens (tertiary/aromatic N) is 1. The second kappa shape index (κ2) is 6.75. The number of benzene rings is 1. The van der Waals surface area contributed by atoms with Crippen LogP contribution in [0.15, 0.2) is 18.2 Å². The predicted molar refractivity (Wildman–Crippen MR) is 82.9 cm³/mol. The van der Waals surface area contributed by atoms with Crippen LogP contribution in [0.5, 0.6) is 0 Å². The fourth-order valence-corrected chi connectivity index (χ4v) is 2.97. The van der Waals surface area contributed by atoms with Crippen LogP contribution in [0.1, 0.15) is 24.0 Å². The van der Waals surface area contributed by atoms with E-state index >= 15 is 0 Å². The molecule has 0 saturated carbocycles. The van der Waals surface area contributed by atoms with Gasteiger partial charge in [-0.2, -0.15) is 0 Å². The number of piperidine rings is 1. The molecule has 1 heterocycles. The highest BCUT2D eigenvalue weighted by molar-refractivity contribution is 5.79. The van der Waals surface area contributed by atoms with Crippen LogP contribution in [0.2, 0.25) is 0 Å². The number of amides is 1. The highest BCUT2D eigenvalue weighted by Gasteiger charge is 2.26. The second-order valence-electron chi connectivity index (χ2n) is 5.56. The quantitative estimate of drug-likeness (QED) is 0.878. The summed E-state index contributed by atoms with van der Waals surface area (Å²) in [7, 11) is 3.69. The first-order valence-electron chi connectivity index (χ1n) is 7.36. The molecule has 4 nitrogen and oxygen atoms in total. The first-order valence-corrected chi connectivity index (χ1v) is 7.36. The van der Waals surface area contributed by atoms with Gasteiger partial charge in [-0.15, -0.1) is 0 Å². The van der Waals surface area contributed by atoms with Crippen molar-refractivity contribution in [3.63, 3.8) is 0 Å². The molecule has 1 aromatic carbocycles. The molecule has 110 valence electrons. The number of rotatable bonds is 4. The van der Waals surface area contributed by atoms with E-state index in [9.17, 15) is 4.79 Å². The van der Waals surface area contributed by atoms with Gasteiger partial charge in [0.25, 0.3) is 0 Å². The molecule has 0 aromatic heterocycles. The van der Waals surface area contributed by atoms with Crippen molar-refractivity contribution in [1.82, 2.24) is 10.6 Å². The summed E-state index contributed by atoms with van der Waals surface area (Å²) >= 11 is 0. The predicted octanol–water partition coefficient (Wildman–Crippen LogP) is 1.68. The van der Waals surface area contributed by atoms with Gasteiger partial charge in [0.1, 0.15) is 0 Å². The summed E-state index contributed by atoms with van der Waals surface area (Å²) in [5.74, 6) is 0.273. The van der Waals surface area contributed by atoms with Crippen LogP contribution in [0.3, 0.4) is 0 Å². The van der Waals surface area contributed by atoms with Crippen LogP contribution in [-0.2, 0) is 11.3 Å². The maximum Gasteiger partial charge on any atom is 0.224 e. The summed E-state index contributed by atoms with van der Waals surface area (Å²) in [6.07, 6.45) is 2.06. The third-order valence-corrected chi connectivity index (χ3v) is 3.98. The first kappa shape index (κ1) is 14.9. The Morgan fingerprint density at radius 3 is 2.90 bits per heavy atom. The van der Waals surface area contributed by atoms with Gasteiger partial charge in [-0.05, 0) is 38.4 Å². The molecule has 20 heavy (non-hydrogen) atoms. The Labute approximate surface area is 121 Å². The Morgan fingerprint density at radius 1 is 1.40 bits per heavy atom. The molecular weight excluding hydrogens is 250 g/mol. The third kappa shape index (κ3) is 3.31. The lowest BCUT2D eigenvalue weighted by Gasteiger charge is -2.35. The van der Waals surface area contributed by atoms with Gasteiger partial charge < -0.3 is 15.5 Å². The summed E-state index contributed by atoms with van der Waals surface area (Å²) in [5.41, 5.74) is 3.85. The largest absolute Gasteiger partial charge is 0.370 e. The Bertz CT molecular complexity index is 473. The molecule has 1 saturated heterocycles. The summed E-state index contributed by atoms with van der Waals surface area (Å²) in [4.78, 5) is 14.2. The van der Waals surface area contributed by atoms with E-state index in [1.165, 1.54) is 16.8 Å². The highest BCUT2D eigenvalue weighted by Crippen LogP contribution is 2.27. The molecule has 4 heteroatoms. The number of anilines is 1. The Kier molecular flexibility index (Phi) is 5.01. The molecule has 1 atom stereocenters. The van der Waals surface area contributed by atoms with Gasteiger partial charge in [0.15, 0.2) is 0 Å². The number of hydrogen-bond acceptors (Lipinski definition) is 3. The Hall–Kier alpha value is -1.55. The Balaban J connectivity index is 2.20. The third-order valence-electron chi connectivity index (χ3n) is 3.98. The standard InChI is InChI=1S/C16H25N3O/c1-12-6-7-15(14(9-12)10-17-2)19-8-4-5-13(11-19)16(20)18-3/h6-7,9,13,17H,4-5,8,10-11H2,1-3H3,(H,18,20). The number of carbonyl (C=O) groups excluding carboxylic acids is 1.